The molecule has 0 aliphatic carbocycles. The molecule has 2 fully saturated rings. The molecule has 1 amide bonds. The van der Waals surface area contributed by atoms with Gasteiger partial charge < -0.3 is 14.5 Å². The van der Waals surface area contributed by atoms with Crippen LogP contribution in [-0.2, 0) is 14.3 Å². The smallest absolute Gasteiger partial charge is 0.308 e. The third-order valence-electron chi connectivity index (χ3n) is 5.20. The quantitative estimate of drug-likeness (QED) is 0.768. The van der Waals surface area contributed by atoms with Gasteiger partial charge in [-0.1, -0.05) is 17.4 Å². The number of likely N-dealkylation sites (tertiary alicyclic amines) is 1. The highest BCUT2D eigenvalue weighted by atomic mass is 32.1. The molecular formula is C18H20FN3O3S. The number of hydrogen-bond donors (Lipinski definition) is 0. The Morgan fingerprint density at radius 1 is 1.23 bits per heavy atom. The van der Waals surface area contributed by atoms with Gasteiger partial charge in [-0.05, 0) is 25.0 Å². The Bertz CT molecular complexity index is 841. The number of carbonyl (C=O) groups excluding carboxylic acids is 2. The summed E-state index contributed by atoms with van der Waals surface area (Å²) in [4.78, 5) is 32.5. The second-order valence-electron chi connectivity index (χ2n) is 6.81. The number of rotatable bonds is 3. The van der Waals surface area contributed by atoms with Gasteiger partial charge in [-0.3, -0.25) is 9.59 Å². The molecular weight excluding hydrogens is 357 g/mol. The van der Waals surface area contributed by atoms with E-state index >= 15 is 0 Å². The molecule has 2 aliphatic heterocycles. The summed E-state index contributed by atoms with van der Waals surface area (Å²) in [7, 11) is 1.40. The Labute approximate surface area is 154 Å². The topological polar surface area (TPSA) is 62.7 Å². The maximum absolute atomic E-state index is 13.8. The fourth-order valence-electron chi connectivity index (χ4n) is 3.59. The van der Waals surface area contributed by atoms with Gasteiger partial charge in [-0.15, -0.1) is 0 Å². The van der Waals surface area contributed by atoms with Gasteiger partial charge in [0.1, 0.15) is 11.3 Å². The van der Waals surface area contributed by atoms with Crippen LogP contribution in [0, 0.1) is 17.7 Å². The van der Waals surface area contributed by atoms with Crippen LogP contribution in [0.2, 0.25) is 0 Å². The Morgan fingerprint density at radius 3 is 2.62 bits per heavy atom. The van der Waals surface area contributed by atoms with Crippen molar-refractivity contribution < 1.29 is 18.7 Å². The van der Waals surface area contributed by atoms with Crippen molar-refractivity contribution in [2.75, 3.05) is 38.2 Å². The van der Waals surface area contributed by atoms with Crippen LogP contribution in [0.25, 0.3) is 10.2 Å². The van der Waals surface area contributed by atoms with Crippen molar-refractivity contribution >= 4 is 38.6 Å². The number of hydrogen-bond acceptors (Lipinski definition) is 6. The summed E-state index contributed by atoms with van der Waals surface area (Å²) in [5.74, 6) is -0.514. The van der Waals surface area contributed by atoms with Crippen LogP contribution in [0.3, 0.4) is 0 Å². The lowest BCUT2D eigenvalue weighted by molar-refractivity contribution is -0.149. The van der Waals surface area contributed by atoms with E-state index in [0.717, 1.165) is 9.83 Å². The lowest BCUT2D eigenvalue weighted by Gasteiger charge is -2.41. The minimum atomic E-state index is -0.313. The molecule has 138 valence electrons. The predicted molar refractivity (Wildman–Crippen MR) is 96.6 cm³/mol. The molecule has 1 aromatic carbocycles. The number of esters is 1. The number of nitrogens with zero attached hydrogens (tertiary/aromatic N) is 3. The Kier molecular flexibility index (Phi) is 4.52. The molecule has 26 heavy (non-hydrogen) atoms. The maximum Gasteiger partial charge on any atom is 0.308 e. The number of carbonyl (C=O) groups is 2. The molecule has 0 saturated carbocycles. The third-order valence-corrected chi connectivity index (χ3v) is 6.28. The highest BCUT2D eigenvalue weighted by Crippen LogP contribution is 2.34. The number of benzene rings is 1. The van der Waals surface area contributed by atoms with Crippen LogP contribution < -0.4 is 4.90 Å². The summed E-state index contributed by atoms with van der Waals surface area (Å²) >= 11 is 1.45. The van der Waals surface area contributed by atoms with Gasteiger partial charge in [-0.25, -0.2) is 9.37 Å². The van der Waals surface area contributed by atoms with Gasteiger partial charge >= 0.3 is 5.97 Å². The van der Waals surface area contributed by atoms with Gasteiger partial charge in [0, 0.05) is 26.2 Å². The molecule has 0 radical (unpaired) electrons. The minimum Gasteiger partial charge on any atom is -0.469 e. The first kappa shape index (κ1) is 17.2. The molecule has 0 unspecified atom stereocenters. The number of amides is 1. The van der Waals surface area contributed by atoms with Gasteiger partial charge in [0.2, 0.25) is 5.91 Å². The largest absolute Gasteiger partial charge is 0.469 e. The lowest BCUT2D eigenvalue weighted by atomic mass is 9.93. The van der Waals surface area contributed by atoms with Crippen molar-refractivity contribution in [2.45, 2.75) is 12.8 Å². The standard InChI is InChI=1S/C18H20FN3O3S/c1-25-17(24)11-5-7-21(8-6-11)16(23)12-9-22(10-12)18-20-15-13(19)3-2-4-14(15)26-18/h2-4,11-12H,5-10H2,1H3. The molecule has 1 aromatic heterocycles. The molecule has 3 heterocycles. The summed E-state index contributed by atoms with van der Waals surface area (Å²) in [5.41, 5.74) is 0.396. The average molecular weight is 377 g/mol. The van der Waals surface area contributed by atoms with Gasteiger partial charge in [-0.2, -0.15) is 0 Å². The van der Waals surface area contributed by atoms with E-state index in [0.29, 0.717) is 44.5 Å². The first-order valence-electron chi connectivity index (χ1n) is 8.73. The Balaban J connectivity index is 1.33. The zero-order chi connectivity index (χ0) is 18.3. The fraction of sp³-hybridized carbons (Fsp3) is 0.500. The minimum absolute atomic E-state index is 0.0541. The lowest BCUT2D eigenvalue weighted by Crippen LogP contribution is -2.56. The molecule has 0 spiro atoms. The first-order valence-corrected chi connectivity index (χ1v) is 9.55. The second-order valence-corrected chi connectivity index (χ2v) is 7.82. The molecule has 2 saturated heterocycles. The fourth-order valence-corrected chi connectivity index (χ4v) is 4.59. The van der Waals surface area contributed by atoms with E-state index in [9.17, 15) is 14.0 Å². The SMILES string of the molecule is COC(=O)C1CCN(C(=O)C2CN(c3nc4c(F)cccc4s3)C2)CC1. The summed E-state index contributed by atoms with van der Waals surface area (Å²) in [5, 5.41) is 0.763. The van der Waals surface area contributed by atoms with Crippen LogP contribution >= 0.6 is 11.3 Å². The van der Waals surface area contributed by atoms with E-state index in [1.165, 1.54) is 24.5 Å². The number of ether oxygens (including phenoxy) is 1. The molecule has 6 nitrogen and oxygen atoms in total. The number of fused-ring (bicyclic) bond motifs is 1. The highest BCUT2D eigenvalue weighted by Gasteiger charge is 2.38. The number of aromatic nitrogens is 1. The average Bonchev–Trinajstić information content (AvgIpc) is 3.05. The van der Waals surface area contributed by atoms with Crippen molar-refractivity contribution in [3.8, 4) is 0 Å². The first-order chi connectivity index (χ1) is 12.6. The van der Waals surface area contributed by atoms with Crippen LogP contribution in [0.4, 0.5) is 9.52 Å². The molecule has 4 rings (SSSR count). The Morgan fingerprint density at radius 2 is 1.96 bits per heavy atom. The number of piperidine rings is 1. The third kappa shape index (κ3) is 3.02. The zero-order valence-electron chi connectivity index (χ0n) is 14.5. The van der Waals surface area contributed by atoms with Crippen LogP contribution in [0.15, 0.2) is 18.2 Å². The van der Waals surface area contributed by atoms with Crippen LogP contribution in [0.5, 0.6) is 0 Å². The number of para-hydroxylation sites is 1. The number of methoxy groups -OCH3 is 1. The van der Waals surface area contributed by atoms with E-state index in [1.54, 1.807) is 6.07 Å². The number of halogens is 1. The summed E-state index contributed by atoms with van der Waals surface area (Å²) in [6.07, 6.45) is 1.32. The van der Waals surface area contributed by atoms with Gasteiger partial charge in [0.05, 0.1) is 23.6 Å². The van der Waals surface area contributed by atoms with Gasteiger partial charge in [0.25, 0.3) is 0 Å². The van der Waals surface area contributed by atoms with Crippen LogP contribution in [-0.4, -0.2) is 55.0 Å². The van der Waals surface area contributed by atoms with E-state index in [1.807, 2.05) is 15.9 Å². The van der Waals surface area contributed by atoms with E-state index < -0.39 is 0 Å². The summed E-state index contributed by atoms with van der Waals surface area (Å²) < 4.78 is 19.4. The zero-order valence-corrected chi connectivity index (χ0v) is 15.3. The molecule has 0 bridgehead atoms. The van der Waals surface area contributed by atoms with Gasteiger partial charge in [0.15, 0.2) is 5.13 Å². The Hall–Kier alpha value is -2.22. The van der Waals surface area contributed by atoms with Crippen molar-refractivity contribution in [2.24, 2.45) is 11.8 Å². The second kappa shape index (κ2) is 6.83. The molecule has 8 heteroatoms. The molecule has 2 aromatic rings. The summed E-state index contributed by atoms with van der Waals surface area (Å²) in [6.45, 7) is 2.41. The van der Waals surface area contributed by atoms with Crippen molar-refractivity contribution in [3.05, 3.63) is 24.0 Å². The maximum atomic E-state index is 13.8. The molecule has 2 aliphatic rings. The highest BCUT2D eigenvalue weighted by molar-refractivity contribution is 7.22. The van der Waals surface area contributed by atoms with E-state index in [4.69, 9.17) is 4.74 Å². The monoisotopic (exact) mass is 377 g/mol. The van der Waals surface area contributed by atoms with E-state index in [-0.39, 0.29) is 29.5 Å². The van der Waals surface area contributed by atoms with Crippen molar-refractivity contribution in [1.29, 1.82) is 0 Å². The van der Waals surface area contributed by atoms with E-state index in [2.05, 4.69) is 4.98 Å². The van der Waals surface area contributed by atoms with Crippen LogP contribution in [0.1, 0.15) is 12.8 Å². The predicted octanol–water partition coefficient (Wildman–Crippen LogP) is 2.28. The summed E-state index contributed by atoms with van der Waals surface area (Å²) in [6, 6.07) is 4.94. The van der Waals surface area contributed by atoms with Crippen molar-refractivity contribution in [1.82, 2.24) is 9.88 Å². The number of thiazole rings is 1. The molecule has 0 atom stereocenters. The molecule has 0 N–H and O–H groups in total. The number of anilines is 1. The normalized spacial score (nSPS) is 18.8. The van der Waals surface area contributed by atoms with Crippen molar-refractivity contribution in [3.63, 3.8) is 0 Å².